The van der Waals surface area contributed by atoms with Gasteiger partial charge >= 0.3 is 0 Å². The van der Waals surface area contributed by atoms with Crippen molar-refractivity contribution in [2.75, 3.05) is 0 Å². The molecule has 1 aliphatic carbocycles. The largest absolute Gasteiger partial charge is 0.391 e. The van der Waals surface area contributed by atoms with E-state index in [0.29, 0.717) is 5.56 Å². The first-order valence-electron chi connectivity index (χ1n) is 6.52. The van der Waals surface area contributed by atoms with Gasteiger partial charge in [0.25, 0.3) is 5.91 Å². The third-order valence-corrected chi connectivity index (χ3v) is 4.90. The molecule has 2 rings (SSSR count). The lowest BCUT2D eigenvalue weighted by molar-refractivity contribution is 0.0818. The van der Waals surface area contributed by atoms with E-state index >= 15 is 0 Å². The maximum atomic E-state index is 12.3. The van der Waals surface area contributed by atoms with Gasteiger partial charge in [0.05, 0.1) is 17.7 Å². The molecular weight excluding hydrogens is 421 g/mol. The van der Waals surface area contributed by atoms with Crippen LogP contribution in [0, 0.1) is 3.57 Å². The first-order valence-corrected chi connectivity index (χ1v) is 8.39. The molecule has 0 heterocycles. The summed E-state index contributed by atoms with van der Waals surface area (Å²) < 4.78 is 1.81. The van der Waals surface area contributed by atoms with Gasteiger partial charge in [-0.2, -0.15) is 0 Å². The van der Waals surface area contributed by atoms with Gasteiger partial charge in [0.2, 0.25) is 0 Å². The van der Waals surface area contributed by atoms with Crippen LogP contribution in [0.15, 0.2) is 22.7 Å². The summed E-state index contributed by atoms with van der Waals surface area (Å²) in [6.07, 6.45) is 4.46. The predicted molar refractivity (Wildman–Crippen MR) is 87.2 cm³/mol. The number of carbonyl (C=O) groups excluding carboxylic acids is 1. The zero-order chi connectivity index (χ0) is 13.8. The molecule has 2 N–H and O–H groups in total. The minimum Gasteiger partial charge on any atom is -0.391 e. The summed E-state index contributed by atoms with van der Waals surface area (Å²) in [6.45, 7) is 0. The molecule has 1 aliphatic rings. The highest BCUT2D eigenvalue weighted by molar-refractivity contribution is 14.1. The second kappa shape index (κ2) is 7.04. The van der Waals surface area contributed by atoms with Gasteiger partial charge in [0.15, 0.2) is 0 Å². The molecule has 0 radical (unpaired) electrons. The highest BCUT2D eigenvalue weighted by Crippen LogP contribution is 2.21. The van der Waals surface area contributed by atoms with Crippen LogP contribution in [-0.2, 0) is 0 Å². The minimum absolute atomic E-state index is 0.100. The third kappa shape index (κ3) is 4.16. The Bertz CT molecular complexity index is 467. The van der Waals surface area contributed by atoms with E-state index in [-0.39, 0.29) is 11.9 Å². The van der Waals surface area contributed by atoms with Gasteiger partial charge in [-0.3, -0.25) is 4.79 Å². The van der Waals surface area contributed by atoms with Crippen LogP contribution in [0.1, 0.15) is 42.5 Å². The monoisotopic (exact) mass is 437 g/mol. The quantitative estimate of drug-likeness (QED) is 0.549. The fraction of sp³-hybridized carbons (Fsp3) is 0.500. The third-order valence-electron chi connectivity index (χ3n) is 3.47. The van der Waals surface area contributed by atoms with E-state index in [4.69, 9.17) is 0 Å². The molecule has 1 aromatic carbocycles. The van der Waals surface area contributed by atoms with Gasteiger partial charge in [-0.15, -0.1) is 0 Å². The maximum absolute atomic E-state index is 12.3. The average Bonchev–Trinajstić information content (AvgIpc) is 2.58. The highest BCUT2D eigenvalue weighted by Gasteiger charge is 2.24. The Morgan fingerprint density at radius 1 is 1.32 bits per heavy atom. The van der Waals surface area contributed by atoms with Crippen molar-refractivity contribution in [3.05, 3.63) is 31.8 Å². The van der Waals surface area contributed by atoms with Crippen LogP contribution in [0.4, 0.5) is 0 Å². The first-order chi connectivity index (χ1) is 9.08. The number of hydrogen-bond donors (Lipinski definition) is 2. The van der Waals surface area contributed by atoms with E-state index in [1.807, 2.05) is 18.2 Å². The Morgan fingerprint density at radius 3 is 2.84 bits per heavy atom. The van der Waals surface area contributed by atoms with Crippen LogP contribution in [0.2, 0.25) is 0 Å². The molecule has 0 saturated heterocycles. The Labute approximate surface area is 135 Å². The standard InChI is InChI=1S/C14H17BrINO2/c15-9-6-7-11(16)10(8-9)14(19)17-12-4-2-1-3-5-13(12)18/h6-8,12-13,18H,1-5H2,(H,17,19). The second-order valence-corrected chi connectivity index (χ2v) is 6.99. The van der Waals surface area contributed by atoms with Gasteiger partial charge < -0.3 is 10.4 Å². The number of halogens is 2. The van der Waals surface area contributed by atoms with E-state index in [1.54, 1.807) is 0 Å². The Hall–Kier alpha value is -0.140. The van der Waals surface area contributed by atoms with Crippen LogP contribution in [-0.4, -0.2) is 23.2 Å². The number of nitrogens with one attached hydrogen (secondary N) is 1. The van der Waals surface area contributed by atoms with E-state index in [1.165, 1.54) is 0 Å². The summed E-state index contributed by atoms with van der Waals surface area (Å²) in [5, 5.41) is 13.0. The normalized spacial score (nSPS) is 23.7. The number of carbonyl (C=O) groups is 1. The summed E-state index contributed by atoms with van der Waals surface area (Å²) >= 11 is 5.54. The average molecular weight is 438 g/mol. The Balaban J connectivity index is 2.09. The molecule has 1 fully saturated rings. The summed E-state index contributed by atoms with van der Waals surface area (Å²) in [7, 11) is 0. The Morgan fingerprint density at radius 2 is 2.05 bits per heavy atom. The smallest absolute Gasteiger partial charge is 0.252 e. The lowest BCUT2D eigenvalue weighted by atomic mass is 10.1. The number of aliphatic hydroxyl groups is 1. The topological polar surface area (TPSA) is 49.3 Å². The molecule has 3 nitrogen and oxygen atoms in total. The lowest BCUT2D eigenvalue weighted by Crippen LogP contribution is -2.42. The Kier molecular flexibility index (Phi) is 5.65. The maximum Gasteiger partial charge on any atom is 0.252 e. The molecule has 1 aromatic rings. The molecule has 0 spiro atoms. The van der Waals surface area contributed by atoms with Crippen LogP contribution < -0.4 is 5.32 Å². The van der Waals surface area contributed by atoms with Gasteiger partial charge in [-0.25, -0.2) is 0 Å². The first kappa shape index (κ1) is 15.3. The van der Waals surface area contributed by atoms with Crippen molar-refractivity contribution in [1.82, 2.24) is 5.32 Å². The summed E-state index contributed by atoms with van der Waals surface area (Å²) in [4.78, 5) is 12.3. The molecule has 5 heteroatoms. The molecule has 1 amide bonds. The number of aliphatic hydroxyl groups excluding tert-OH is 1. The number of benzene rings is 1. The number of hydrogen-bond acceptors (Lipinski definition) is 2. The number of amides is 1. The van der Waals surface area contributed by atoms with Crippen LogP contribution in [0.3, 0.4) is 0 Å². The van der Waals surface area contributed by atoms with Crippen molar-refractivity contribution >= 4 is 44.4 Å². The van der Waals surface area contributed by atoms with Crippen molar-refractivity contribution in [2.45, 2.75) is 44.2 Å². The van der Waals surface area contributed by atoms with E-state index in [2.05, 4.69) is 43.8 Å². The fourth-order valence-electron chi connectivity index (χ4n) is 2.37. The summed E-state index contributed by atoms with van der Waals surface area (Å²) in [5.74, 6) is -0.100. The predicted octanol–water partition coefficient (Wildman–Crippen LogP) is 3.48. The van der Waals surface area contributed by atoms with Crippen molar-refractivity contribution in [2.24, 2.45) is 0 Å². The minimum atomic E-state index is -0.420. The molecule has 2 atom stereocenters. The van der Waals surface area contributed by atoms with Gasteiger partial charge in [0.1, 0.15) is 0 Å². The summed E-state index contributed by atoms with van der Waals surface area (Å²) in [5.41, 5.74) is 0.659. The highest BCUT2D eigenvalue weighted by atomic mass is 127. The number of rotatable bonds is 2. The van der Waals surface area contributed by atoms with Gasteiger partial charge in [0, 0.05) is 8.04 Å². The van der Waals surface area contributed by atoms with E-state index in [0.717, 1.165) is 40.1 Å². The van der Waals surface area contributed by atoms with Crippen molar-refractivity contribution in [1.29, 1.82) is 0 Å². The van der Waals surface area contributed by atoms with Crippen molar-refractivity contribution in [3.8, 4) is 0 Å². The van der Waals surface area contributed by atoms with E-state index < -0.39 is 6.10 Å². The zero-order valence-electron chi connectivity index (χ0n) is 10.5. The van der Waals surface area contributed by atoms with Gasteiger partial charge in [-0.05, 0) is 53.6 Å². The van der Waals surface area contributed by atoms with Crippen molar-refractivity contribution in [3.63, 3.8) is 0 Å². The molecule has 2 unspecified atom stereocenters. The van der Waals surface area contributed by atoms with Crippen LogP contribution >= 0.6 is 38.5 Å². The van der Waals surface area contributed by atoms with Crippen LogP contribution in [0.25, 0.3) is 0 Å². The lowest BCUT2D eigenvalue weighted by Gasteiger charge is -2.22. The SMILES string of the molecule is O=C(NC1CCCCCC1O)c1cc(Br)ccc1I. The summed E-state index contributed by atoms with van der Waals surface area (Å²) in [6, 6.07) is 5.52. The molecule has 0 aliphatic heterocycles. The van der Waals surface area contributed by atoms with E-state index in [9.17, 15) is 9.90 Å². The zero-order valence-corrected chi connectivity index (χ0v) is 14.3. The molecule has 0 bridgehead atoms. The van der Waals surface area contributed by atoms with Crippen molar-refractivity contribution < 1.29 is 9.90 Å². The molecule has 1 saturated carbocycles. The second-order valence-electron chi connectivity index (χ2n) is 4.91. The fourth-order valence-corrected chi connectivity index (χ4v) is 3.32. The molecule has 0 aromatic heterocycles. The molecular formula is C14H17BrINO2. The molecule has 19 heavy (non-hydrogen) atoms. The molecule has 104 valence electrons. The van der Waals surface area contributed by atoms with Crippen LogP contribution in [0.5, 0.6) is 0 Å². The van der Waals surface area contributed by atoms with Gasteiger partial charge in [-0.1, -0.05) is 35.2 Å².